The first-order valence-corrected chi connectivity index (χ1v) is 9.33. The van der Waals surface area contributed by atoms with Gasteiger partial charge in [0.25, 0.3) is 0 Å². The second-order valence-corrected chi connectivity index (χ2v) is 7.98. The first-order chi connectivity index (χ1) is 12.0. The van der Waals surface area contributed by atoms with Crippen molar-refractivity contribution < 1.29 is 4.74 Å². The fourth-order valence-electron chi connectivity index (χ4n) is 3.67. The van der Waals surface area contributed by atoms with Crippen LogP contribution in [0.4, 0.5) is 5.69 Å². The summed E-state index contributed by atoms with van der Waals surface area (Å²) in [5, 5.41) is 0. The summed E-state index contributed by atoms with van der Waals surface area (Å²) in [6.07, 6.45) is 7.97. The van der Waals surface area contributed by atoms with Gasteiger partial charge in [-0.05, 0) is 43.4 Å². The van der Waals surface area contributed by atoms with Crippen LogP contribution in [-0.2, 0) is 10.2 Å². The molecule has 1 aliphatic carbocycles. The molecule has 1 aromatic carbocycles. The molecule has 1 aromatic heterocycles. The van der Waals surface area contributed by atoms with Crippen LogP contribution in [0.5, 0.6) is 0 Å². The van der Waals surface area contributed by atoms with Gasteiger partial charge < -0.3 is 9.64 Å². The number of anilines is 1. The Balaban J connectivity index is 1.54. The van der Waals surface area contributed by atoms with E-state index in [1.54, 1.807) is 0 Å². The molecule has 4 rings (SSSR count). The van der Waals surface area contributed by atoms with Crippen LogP contribution in [0.25, 0.3) is 11.1 Å². The van der Waals surface area contributed by atoms with E-state index >= 15 is 0 Å². The second-order valence-electron chi connectivity index (χ2n) is 7.98. The number of nitrogens with zero attached hydrogens (tertiary/aromatic N) is 3. The Hall–Kier alpha value is -1.94. The molecular formula is C21H27N3O. The molecule has 1 saturated carbocycles. The molecule has 4 nitrogen and oxygen atoms in total. The van der Waals surface area contributed by atoms with Crippen molar-refractivity contribution in [2.45, 2.75) is 51.6 Å². The van der Waals surface area contributed by atoms with E-state index in [1.807, 2.05) is 19.3 Å². The molecular weight excluding hydrogens is 310 g/mol. The summed E-state index contributed by atoms with van der Waals surface area (Å²) in [6.45, 7) is 9.59. The van der Waals surface area contributed by atoms with Crippen LogP contribution in [0.3, 0.4) is 0 Å². The highest BCUT2D eigenvalue weighted by Gasteiger charge is 2.35. The summed E-state index contributed by atoms with van der Waals surface area (Å²) in [6, 6.07) is 6.79. The molecule has 0 spiro atoms. The quantitative estimate of drug-likeness (QED) is 0.743. The number of hydrogen-bond donors (Lipinski definition) is 0. The first kappa shape index (κ1) is 16.5. The summed E-state index contributed by atoms with van der Waals surface area (Å²) < 4.78 is 5.81. The third kappa shape index (κ3) is 3.54. The predicted octanol–water partition coefficient (Wildman–Crippen LogP) is 4.12. The molecule has 0 N–H and O–H groups in total. The van der Waals surface area contributed by atoms with Gasteiger partial charge in [0.1, 0.15) is 5.82 Å². The van der Waals surface area contributed by atoms with Gasteiger partial charge in [0.05, 0.1) is 6.10 Å². The van der Waals surface area contributed by atoms with E-state index in [2.05, 4.69) is 46.9 Å². The zero-order valence-electron chi connectivity index (χ0n) is 15.5. The number of fused-ring (bicyclic) bond motifs is 1. The predicted molar refractivity (Wildman–Crippen MR) is 101 cm³/mol. The van der Waals surface area contributed by atoms with Crippen molar-refractivity contribution in [2.24, 2.45) is 0 Å². The monoisotopic (exact) mass is 337 g/mol. The molecule has 2 heterocycles. The lowest BCUT2D eigenvalue weighted by Gasteiger charge is -2.22. The van der Waals surface area contributed by atoms with Crippen molar-refractivity contribution >= 4 is 5.69 Å². The minimum atomic E-state index is 0.189. The van der Waals surface area contributed by atoms with Crippen LogP contribution >= 0.6 is 0 Å². The summed E-state index contributed by atoms with van der Waals surface area (Å²) in [4.78, 5) is 11.2. The van der Waals surface area contributed by atoms with Crippen LogP contribution in [0, 0.1) is 6.92 Å². The van der Waals surface area contributed by atoms with Crippen LogP contribution in [-0.4, -0.2) is 35.8 Å². The maximum atomic E-state index is 5.81. The van der Waals surface area contributed by atoms with Crippen molar-refractivity contribution in [3.8, 4) is 11.1 Å². The minimum absolute atomic E-state index is 0.189. The Bertz CT molecular complexity index is 750. The zero-order valence-corrected chi connectivity index (χ0v) is 15.5. The molecule has 132 valence electrons. The molecule has 1 aliphatic heterocycles. The van der Waals surface area contributed by atoms with Gasteiger partial charge in [-0.3, -0.25) is 0 Å². The van der Waals surface area contributed by atoms with E-state index in [-0.39, 0.29) is 5.41 Å². The maximum Gasteiger partial charge on any atom is 0.125 e. The highest BCUT2D eigenvalue weighted by molar-refractivity contribution is 5.73. The number of ether oxygens (including phenoxy) is 1. The Morgan fingerprint density at radius 3 is 2.64 bits per heavy atom. The van der Waals surface area contributed by atoms with Crippen LogP contribution < -0.4 is 4.90 Å². The van der Waals surface area contributed by atoms with Crippen LogP contribution in [0.15, 0.2) is 30.6 Å². The van der Waals surface area contributed by atoms with Gasteiger partial charge >= 0.3 is 0 Å². The van der Waals surface area contributed by atoms with Crippen molar-refractivity contribution in [1.82, 2.24) is 9.97 Å². The van der Waals surface area contributed by atoms with E-state index in [9.17, 15) is 0 Å². The van der Waals surface area contributed by atoms with Crippen molar-refractivity contribution in [3.05, 3.63) is 42.0 Å². The maximum absolute atomic E-state index is 5.81. The lowest BCUT2D eigenvalue weighted by molar-refractivity contribution is 0.118. The van der Waals surface area contributed by atoms with Gasteiger partial charge in [-0.2, -0.15) is 0 Å². The zero-order chi connectivity index (χ0) is 17.4. The highest BCUT2D eigenvalue weighted by Crippen LogP contribution is 2.42. The smallest absolute Gasteiger partial charge is 0.125 e. The summed E-state index contributed by atoms with van der Waals surface area (Å²) >= 11 is 0. The van der Waals surface area contributed by atoms with Crippen molar-refractivity contribution in [2.75, 3.05) is 24.6 Å². The van der Waals surface area contributed by atoms with Gasteiger partial charge in [0.2, 0.25) is 0 Å². The van der Waals surface area contributed by atoms with E-state index in [0.29, 0.717) is 6.10 Å². The average molecular weight is 337 g/mol. The SMILES string of the molecule is Cc1ncc(-c2ccc3c(c2)N(CCCOC2CC2)CC3(C)C)cn1. The fraction of sp³-hybridized carbons (Fsp3) is 0.524. The second kappa shape index (κ2) is 6.41. The lowest BCUT2D eigenvalue weighted by atomic mass is 9.86. The molecule has 0 radical (unpaired) electrons. The van der Waals surface area contributed by atoms with Gasteiger partial charge in [-0.25, -0.2) is 9.97 Å². The Kier molecular flexibility index (Phi) is 4.24. The molecule has 0 atom stereocenters. The van der Waals surface area contributed by atoms with E-state index in [1.165, 1.54) is 29.7 Å². The highest BCUT2D eigenvalue weighted by atomic mass is 16.5. The number of rotatable bonds is 6. The molecule has 4 heteroatoms. The largest absolute Gasteiger partial charge is 0.378 e. The topological polar surface area (TPSA) is 38.2 Å². The number of benzene rings is 1. The Morgan fingerprint density at radius 1 is 1.16 bits per heavy atom. The number of hydrogen-bond acceptors (Lipinski definition) is 4. The van der Waals surface area contributed by atoms with Crippen molar-refractivity contribution in [3.63, 3.8) is 0 Å². The van der Waals surface area contributed by atoms with Gasteiger partial charge in [0.15, 0.2) is 0 Å². The average Bonchev–Trinajstić information content (AvgIpc) is 3.38. The molecule has 2 aliphatic rings. The van der Waals surface area contributed by atoms with Gasteiger partial charge in [-0.15, -0.1) is 0 Å². The van der Waals surface area contributed by atoms with E-state index in [4.69, 9.17) is 4.74 Å². The van der Waals surface area contributed by atoms with E-state index in [0.717, 1.165) is 37.5 Å². The molecule has 0 bridgehead atoms. The van der Waals surface area contributed by atoms with Crippen molar-refractivity contribution in [1.29, 1.82) is 0 Å². The summed E-state index contributed by atoms with van der Waals surface area (Å²) in [5.74, 6) is 0.809. The molecule has 0 unspecified atom stereocenters. The van der Waals surface area contributed by atoms with Crippen LogP contribution in [0.2, 0.25) is 0 Å². The lowest BCUT2D eigenvalue weighted by Crippen LogP contribution is -2.29. The first-order valence-electron chi connectivity index (χ1n) is 9.33. The minimum Gasteiger partial charge on any atom is -0.378 e. The summed E-state index contributed by atoms with van der Waals surface area (Å²) in [5.41, 5.74) is 5.25. The molecule has 1 fully saturated rings. The van der Waals surface area contributed by atoms with Crippen LogP contribution in [0.1, 0.15) is 44.5 Å². The third-order valence-electron chi connectivity index (χ3n) is 5.22. The van der Waals surface area contributed by atoms with E-state index < -0.39 is 0 Å². The fourth-order valence-corrected chi connectivity index (χ4v) is 3.67. The normalized spacial score (nSPS) is 18.4. The standard InChI is InChI=1S/C21H27N3O/c1-15-22-12-17(13-23-15)16-5-8-19-20(11-16)24(14-21(19,2)3)9-4-10-25-18-6-7-18/h5,8,11-13,18H,4,6-7,9-10,14H2,1-3H3. The number of aromatic nitrogens is 2. The van der Waals surface area contributed by atoms with Gasteiger partial charge in [-0.1, -0.05) is 26.0 Å². The third-order valence-corrected chi connectivity index (χ3v) is 5.22. The Labute approximate surface area is 150 Å². The molecule has 2 aromatic rings. The molecule has 25 heavy (non-hydrogen) atoms. The van der Waals surface area contributed by atoms with Gasteiger partial charge in [0, 0.05) is 48.8 Å². The molecule has 0 saturated heterocycles. The summed E-state index contributed by atoms with van der Waals surface area (Å²) in [7, 11) is 0. The Morgan fingerprint density at radius 2 is 1.92 bits per heavy atom. The number of aryl methyl sites for hydroxylation is 1. The molecule has 0 amide bonds.